The van der Waals surface area contributed by atoms with Crippen molar-refractivity contribution in [3.05, 3.63) is 87.7 Å². The maximum absolute atomic E-state index is 11.3. The van der Waals surface area contributed by atoms with Crippen LogP contribution in [0.5, 0.6) is 5.75 Å². The molecule has 0 fully saturated rings. The molecule has 0 N–H and O–H groups in total. The molecule has 0 aliphatic rings. The first-order valence-corrected chi connectivity index (χ1v) is 12.2. The minimum Gasteiger partial charge on any atom is -0.489 e. The van der Waals surface area contributed by atoms with E-state index >= 15 is 0 Å². The molecular formula is C27H20BrClO2S. The molecule has 0 unspecified atom stereocenters. The number of benzene rings is 3. The summed E-state index contributed by atoms with van der Waals surface area (Å²) in [5, 5.41) is 3.05. The number of hydrogen-bond acceptors (Lipinski definition) is 3. The lowest BCUT2D eigenvalue weighted by molar-refractivity contribution is -0.111. The highest BCUT2D eigenvalue weighted by molar-refractivity contribution is 9.10. The molecule has 32 heavy (non-hydrogen) atoms. The van der Waals surface area contributed by atoms with Gasteiger partial charge in [0, 0.05) is 26.5 Å². The van der Waals surface area contributed by atoms with E-state index in [1.165, 1.54) is 21.2 Å². The second-order valence-corrected chi connectivity index (χ2v) is 9.51. The Morgan fingerprint density at radius 2 is 1.88 bits per heavy atom. The van der Waals surface area contributed by atoms with E-state index in [0.717, 1.165) is 21.3 Å². The van der Waals surface area contributed by atoms with Gasteiger partial charge in [-0.1, -0.05) is 58.2 Å². The van der Waals surface area contributed by atoms with Crippen LogP contribution in [0.4, 0.5) is 0 Å². The van der Waals surface area contributed by atoms with Crippen molar-refractivity contribution in [2.45, 2.75) is 25.9 Å². The molecule has 1 aromatic heterocycles. The van der Waals surface area contributed by atoms with Gasteiger partial charge in [-0.15, -0.1) is 17.3 Å². The number of rotatable bonds is 7. The first-order chi connectivity index (χ1) is 15.5. The minimum absolute atomic E-state index is 0.198. The highest BCUT2D eigenvalue weighted by Crippen LogP contribution is 2.38. The van der Waals surface area contributed by atoms with Gasteiger partial charge in [0.15, 0.2) is 0 Å². The lowest BCUT2D eigenvalue weighted by atomic mass is 9.97. The van der Waals surface area contributed by atoms with E-state index in [-0.39, 0.29) is 17.6 Å². The van der Waals surface area contributed by atoms with Gasteiger partial charge < -0.3 is 4.74 Å². The lowest BCUT2D eigenvalue weighted by Crippen LogP contribution is -2.01. The molecule has 1 atom stereocenters. The van der Waals surface area contributed by atoms with Crippen LogP contribution in [0.1, 0.15) is 30.4 Å². The highest BCUT2D eigenvalue weighted by atomic mass is 79.9. The molecule has 0 bridgehead atoms. The standard InChI is InChI=1S/C27H20BrClO2S/c1-2-5-20(15-27(29)30)19-9-11-21(12-10-19)31-16-18-8-13-26-23(14-18)24(17-32-26)22-6-3-4-7-25(22)28/h3-4,6-14,17,20H,15-16H2,1H3/t20-/m0/s1. The molecular weight excluding hydrogens is 504 g/mol. The molecule has 5 heteroatoms. The zero-order chi connectivity index (χ0) is 22.5. The number of fused-ring (bicyclic) bond motifs is 1. The number of ether oxygens (including phenoxy) is 1. The van der Waals surface area contributed by atoms with Crippen LogP contribution >= 0.6 is 38.9 Å². The van der Waals surface area contributed by atoms with Crippen LogP contribution in [-0.4, -0.2) is 5.24 Å². The molecule has 0 amide bonds. The monoisotopic (exact) mass is 522 g/mol. The van der Waals surface area contributed by atoms with Crippen LogP contribution < -0.4 is 4.74 Å². The largest absolute Gasteiger partial charge is 0.489 e. The molecule has 2 nitrogen and oxygen atoms in total. The van der Waals surface area contributed by atoms with Gasteiger partial charge in [0.2, 0.25) is 5.24 Å². The fraction of sp³-hybridized carbons (Fsp3) is 0.148. The fourth-order valence-electron chi connectivity index (χ4n) is 3.60. The van der Waals surface area contributed by atoms with Crippen molar-refractivity contribution in [3.63, 3.8) is 0 Å². The summed E-state index contributed by atoms with van der Waals surface area (Å²) in [7, 11) is 0. The summed E-state index contributed by atoms with van der Waals surface area (Å²) in [6.07, 6.45) is 0.198. The Morgan fingerprint density at radius 3 is 2.59 bits per heavy atom. The Hall–Kier alpha value is -2.58. The van der Waals surface area contributed by atoms with E-state index in [1.807, 2.05) is 30.3 Å². The predicted octanol–water partition coefficient (Wildman–Crippen LogP) is 8.17. The van der Waals surface area contributed by atoms with Gasteiger partial charge in [0.25, 0.3) is 0 Å². The summed E-state index contributed by atoms with van der Waals surface area (Å²) in [6, 6.07) is 22.4. The number of halogens is 2. The fourth-order valence-corrected chi connectivity index (χ4v) is 5.20. The zero-order valence-corrected chi connectivity index (χ0v) is 20.6. The van der Waals surface area contributed by atoms with Gasteiger partial charge in [0.05, 0.1) is 5.92 Å². The Bertz CT molecular complexity index is 1310. The Labute approximate surface area is 205 Å². The van der Waals surface area contributed by atoms with Crippen LogP contribution in [-0.2, 0) is 11.4 Å². The third-order valence-electron chi connectivity index (χ3n) is 5.17. The molecule has 0 saturated carbocycles. The van der Waals surface area contributed by atoms with Gasteiger partial charge in [-0.2, -0.15) is 0 Å². The third-order valence-corrected chi connectivity index (χ3v) is 6.98. The van der Waals surface area contributed by atoms with Crippen molar-refractivity contribution in [2.24, 2.45) is 0 Å². The molecule has 0 radical (unpaired) electrons. The smallest absolute Gasteiger partial charge is 0.223 e. The zero-order valence-electron chi connectivity index (χ0n) is 17.4. The summed E-state index contributed by atoms with van der Waals surface area (Å²) in [6.45, 7) is 2.23. The van der Waals surface area contributed by atoms with E-state index < -0.39 is 0 Å². The van der Waals surface area contributed by atoms with Crippen LogP contribution in [0.15, 0.2) is 76.6 Å². The van der Waals surface area contributed by atoms with Crippen molar-refractivity contribution in [1.29, 1.82) is 0 Å². The van der Waals surface area contributed by atoms with Crippen molar-refractivity contribution in [1.82, 2.24) is 0 Å². The minimum atomic E-state index is -0.385. The molecule has 0 aliphatic heterocycles. The van der Waals surface area contributed by atoms with E-state index in [4.69, 9.17) is 16.3 Å². The molecule has 0 saturated heterocycles. The van der Waals surface area contributed by atoms with E-state index in [9.17, 15) is 4.79 Å². The van der Waals surface area contributed by atoms with Gasteiger partial charge in [-0.3, -0.25) is 4.79 Å². The quantitative estimate of drug-likeness (QED) is 0.180. The average Bonchev–Trinajstić information content (AvgIpc) is 3.21. The van der Waals surface area contributed by atoms with Gasteiger partial charge in [-0.25, -0.2) is 0 Å². The molecule has 160 valence electrons. The van der Waals surface area contributed by atoms with Gasteiger partial charge >= 0.3 is 0 Å². The van der Waals surface area contributed by atoms with E-state index in [1.54, 1.807) is 18.3 Å². The normalized spacial score (nSPS) is 11.6. The number of carbonyl (C=O) groups is 1. The Morgan fingerprint density at radius 1 is 1.09 bits per heavy atom. The van der Waals surface area contributed by atoms with Crippen LogP contribution in [0.25, 0.3) is 21.2 Å². The second-order valence-electron chi connectivity index (χ2n) is 7.32. The van der Waals surface area contributed by atoms with E-state index in [0.29, 0.717) is 6.61 Å². The van der Waals surface area contributed by atoms with Gasteiger partial charge in [0.1, 0.15) is 12.4 Å². The van der Waals surface area contributed by atoms with Crippen LogP contribution in [0, 0.1) is 11.8 Å². The van der Waals surface area contributed by atoms with Crippen molar-refractivity contribution >= 4 is 54.2 Å². The second kappa shape index (κ2) is 10.4. The Kier molecular flexibility index (Phi) is 7.32. The summed E-state index contributed by atoms with van der Waals surface area (Å²) < 4.78 is 8.36. The summed E-state index contributed by atoms with van der Waals surface area (Å²) in [5.41, 5.74) is 4.47. The topological polar surface area (TPSA) is 26.3 Å². The van der Waals surface area contributed by atoms with Crippen LogP contribution in [0.2, 0.25) is 0 Å². The molecule has 3 aromatic carbocycles. The maximum Gasteiger partial charge on any atom is 0.223 e. The number of thiophene rings is 1. The van der Waals surface area contributed by atoms with Crippen molar-refractivity contribution < 1.29 is 9.53 Å². The molecule has 1 heterocycles. The molecule has 0 aliphatic carbocycles. The first kappa shape index (κ1) is 22.6. The molecule has 4 aromatic rings. The first-order valence-electron chi connectivity index (χ1n) is 10.1. The Balaban J connectivity index is 1.51. The van der Waals surface area contributed by atoms with Crippen molar-refractivity contribution in [2.75, 3.05) is 0 Å². The number of carbonyl (C=O) groups excluding carboxylic acids is 1. The molecule has 4 rings (SSSR count). The summed E-state index contributed by atoms with van der Waals surface area (Å²) in [4.78, 5) is 11.3. The lowest BCUT2D eigenvalue weighted by Gasteiger charge is -2.11. The SMILES string of the molecule is CC#C[C@@H](CC(=O)Cl)c1ccc(OCc2ccc3scc(-c4ccccc4Br)c3c2)cc1. The van der Waals surface area contributed by atoms with E-state index in [2.05, 4.69) is 69.5 Å². The maximum atomic E-state index is 11.3. The molecule has 0 spiro atoms. The van der Waals surface area contributed by atoms with Crippen LogP contribution in [0.3, 0.4) is 0 Å². The number of hydrogen-bond donors (Lipinski definition) is 0. The highest BCUT2D eigenvalue weighted by Gasteiger charge is 2.13. The van der Waals surface area contributed by atoms with Gasteiger partial charge in [-0.05, 0) is 70.9 Å². The van der Waals surface area contributed by atoms with Crippen molar-refractivity contribution in [3.8, 4) is 28.7 Å². The predicted molar refractivity (Wildman–Crippen MR) is 137 cm³/mol. The third kappa shape index (κ3) is 5.24. The summed E-state index contributed by atoms with van der Waals surface area (Å²) >= 11 is 11.0. The summed E-state index contributed by atoms with van der Waals surface area (Å²) in [5.74, 6) is 6.49. The average molecular weight is 524 g/mol.